The summed E-state index contributed by atoms with van der Waals surface area (Å²) in [7, 11) is 0. The van der Waals surface area contributed by atoms with E-state index in [-0.39, 0.29) is 30.0 Å². The highest BCUT2D eigenvalue weighted by atomic mass is 16.3. The predicted octanol–water partition coefficient (Wildman–Crippen LogP) is 1.94. The van der Waals surface area contributed by atoms with E-state index in [9.17, 15) is 15.3 Å². The third-order valence-corrected chi connectivity index (χ3v) is 6.04. The van der Waals surface area contributed by atoms with E-state index >= 15 is 0 Å². The molecule has 0 aromatic carbocycles. The minimum Gasteiger partial charge on any atom is -0.396 e. The summed E-state index contributed by atoms with van der Waals surface area (Å²) in [6.45, 7) is 6.57. The molecule has 106 valence electrons. The molecule has 0 bridgehead atoms. The lowest BCUT2D eigenvalue weighted by Gasteiger charge is -2.61. The zero-order valence-electron chi connectivity index (χ0n) is 11.9. The molecule has 0 heterocycles. The second kappa shape index (κ2) is 4.46. The summed E-state index contributed by atoms with van der Waals surface area (Å²) in [6, 6.07) is 0. The molecule has 0 spiro atoms. The molecule has 0 saturated heterocycles. The molecule has 2 aliphatic carbocycles. The van der Waals surface area contributed by atoms with Crippen molar-refractivity contribution < 1.29 is 15.3 Å². The fourth-order valence-electron chi connectivity index (χ4n) is 5.05. The van der Waals surface area contributed by atoms with Crippen LogP contribution in [-0.4, -0.2) is 34.1 Å². The molecule has 3 N–H and O–H groups in total. The van der Waals surface area contributed by atoms with E-state index in [1.807, 2.05) is 0 Å². The van der Waals surface area contributed by atoms with Crippen LogP contribution in [0.3, 0.4) is 0 Å². The molecule has 0 aromatic heterocycles. The minimum absolute atomic E-state index is 0.0276. The van der Waals surface area contributed by atoms with Crippen LogP contribution in [0.15, 0.2) is 0 Å². The third kappa shape index (κ3) is 1.91. The third-order valence-electron chi connectivity index (χ3n) is 6.04. The summed E-state index contributed by atoms with van der Waals surface area (Å²) in [4.78, 5) is 0. The molecule has 2 saturated carbocycles. The Morgan fingerprint density at radius 2 is 1.72 bits per heavy atom. The van der Waals surface area contributed by atoms with E-state index in [2.05, 4.69) is 20.8 Å². The van der Waals surface area contributed by atoms with Gasteiger partial charge in [-0.05, 0) is 42.4 Å². The van der Waals surface area contributed by atoms with Gasteiger partial charge in [0.05, 0.1) is 12.2 Å². The number of hydrogen-bond donors (Lipinski definition) is 3. The molecule has 0 radical (unpaired) electrons. The van der Waals surface area contributed by atoms with Crippen LogP contribution >= 0.6 is 0 Å². The molecular formula is C15H28O3. The molecule has 0 unspecified atom stereocenters. The van der Waals surface area contributed by atoms with Gasteiger partial charge in [0.1, 0.15) is 0 Å². The van der Waals surface area contributed by atoms with Crippen LogP contribution in [0.2, 0.25) is 0 Å². The number of hydrogen-bond acceptors (Lipinski definition) is 3. The highest BCUT2D eigenvalue weighted by molar-refractivity contribution is 5.08. The van der Waals surface area contributed by atoms with Crippen molar-refractivity contribution in [2.45, 2.75) is 58.5 Å². The van der Waals surface area contributed by atoms with Crippen LogP contribution in [0, 0.1) is 22.7 Å². The van der Waals surface area contributed by atoms with Gasteiger partial charge >= 0.3 is 0 Å². The summed E-state index contributed by atoms with van der Waals surface area (Å²) in [5.74, 6) is 0.330. The molecule has 0 aromatic rings. The Kier molecular flexibility index (Phi) is 3.54. The first kappa shape index (κ1) is 14.3. The van der Waals surface area contributed by atoms with Gasteiger partial charge in [-0.25, -0.2) is 0 Å². The molecule has 4 atom stereocenters. The zero-order chi connectivity index (χ0) is 13.6. The van der Waals surface area contributed by atoms with Crippen LogP contribution < -0.4 is 0 Å². The van der Waals surface area contributed by atoms with Crippen molar-refractivity contribution >= 4 is 0 Å². The molecule has 2 rings (SSSR count). The molecule has 3 nitrogen and oxygen atoms in total. The van der Waals surface area contributed by atoms with Crippen molar-refractivity contribution in [1.29, 1.82) is 0 Å². The van der Waals surface area contributed by atoms with E-state index in [4.69, 9.17) is 0 Å². The molecular weight excluding hydrogens is 228 g/mol. The van der Waals surface area contributed by atoms with Gasteiger partial charge in [-0.1, -0.05) is 27.2 Å². The van der Waals surface area contributed by atoms with E-state index in [0.29, 0.717) is 12.3 Å². The van der Waals surface area contributed by atoms with Gasteiger partial charge in [-0.3, -0.25) is 0 Å². The number of fused-ring (bicyclic) bond motifs is 1. The largest absolute Gasteiger partial charge is 0.396 e. The van der Waals surface area contributed by atoms with Gasteiger partial charge in [0.2, 0.25) is 0 Å². The fraction of sp³-hybridized carbons (Fsp3) is 1.00. The first-order valence-electron chi connectivity index (χ1n) is 7.24. The van der Waals surface area contributed by atoms with Gasteiger partial charge in [0.15, 0.2) is 0 Å². The highest BCUT2D eigenvalue weighted by Gasteiger charge is 2.58. The van der Waals surface area contributed by atoms with Crippen molar-refractivity contribution in [3.63, 3.8) is 0 Å². The van der Waals surface area contributed by atoms with Crippen LogP contribution in [0.5, 0.6) is 0 Å². The Bertz CT molecular complexity index is 315. The molecule has 2 fully saturated rings. The van der Waals surface area contributed by atoms with Crippen molar-refractivity contribution in [1.82, 2.24) is 0 Å². The van der Waals surface area contributed by atoms with Crippen LogP contribution in [0.1, 0.15) is 52.9 Å². The quantitative estimate of drug-likeness (QED) is 0.707. The topological polar surface area (TPSA) is 60.7 Å². The Balaban J connectivity index is 2.37. The Morgan fingerprint density at radius 1 is 1.06 bits per heavy atom. The van der Waals surface area contributed by atoms with E-state index in [1.54, 1.807) is 0 Å². The summed E-state index contributed by atoms with van der Waals surface area (Å²) < 4.78 is 0. The maximum absolute atomic E-state index is 10.6. The lowest BCUT2D eigenvalue weighted by atomic mass is 9.45. The average Bonchev–Trinajstić information content (AvgIpc) is 2.27. The van der Waals surface area contributed by atoms with Crippen LogP contribution in [0.4, 0.5) is 0 Å². The average molecular weight is 256 g/mol. The summed E-state index contributed by atoms with van der Waals surface area (Å²) in [5.41, 5.74) is -0.864. The summed E-state index contributed by atoms with van der Waals surface area (Å²) >= 11 is 0. The molecule has 3 heteroatoms. The zero-order valence-corrected chi connectivity index (χ0v) is 11.9. The first-order chi connectivity index (χ1) is 8.30. The predicted molar refractivity (Wildman–Crippen MR) is 71.1 cm³/mol. The SMILES string of the molecule is CC1(C)CCC[C@]2(C)[C@@H]1CC[C@@](O)(CO)[C@H]2CO. The van der Waals surface area contributed by atoms with Crippen molar-refractivity contribution in [2.75, 3.05) is 13.2 Å². The lowest BCUT2D eigenvalue weighted by molar-refractivity contribution is -0.199. The monoisotopic (exact) mass is 256 g/mol. The fourth-order valence-corrected chi connectivity index (χ4v) is 5.05. The first-order valence-corrected chi connectivity index (χ1v) is 7.24. The minimum atomic E-state index is -1.09. The maximum Gasteiger partial charge on any atom is 0.0932 e. The summed E-state index contributed by atoms with van der Waals surface area (Å²) in [6.07, 6.45) is 4.99. The van der Waals surface area contributed by atoms with Crippen LogP contribution in [0.25, 0.3) is 0 Å². The lowest BCUT2D eigenvalue weighted by Crippen LogP contribution is -2.61. The highest BCUT2D eigenvalue weighted by Crippen LogP contribution is 2.61. The molecule has 2 aliphatic rings. The Morgan fingerprint density at radius 3 is 2.28 bits per heavy atom. The molecule has 0 aliphatic heterocycles. The summed E-state index contributed by atoms with van der Waals surface area (Å²) in [5, 5.41) is 29.9. The van der Waals surface area contributed by atoms with Gasteiger partial charge in [-0.15, -0.1) is 0 Å². The van der Waals surface area contributed by atoms with Gasteiger partial charge < -0.3 is 15.3 Å². The van der Waals surface area contributed by atoms with Crippen molar-refractivity contribution in [2.24, 2.45) is 22.7 Å². The Labute approximate surface area is 110 Å². The maximum atomic E-state index is 10.6. The van der Waals surface area contributed by atoms with Gasteiger partial charge in [0, 0.05) is 12.5 Å². The number of rotatable bonds is 2. The van der Waals surface area contributed by atoms with Crippen molar-refractivity contribution in [3.8, 4) is 0 Å². The molecule has 0 amide bonds. The van der Waals surface area contributed by atoms with E-state index < -0.39 is 5.60 Å². The number of aliphatic hydroxyl groups excluding tert-OH is 2. The van der Waals surface area contributed by atoms with Gasteiger partial charge in [-0.2, -0.15) is 0 Å². The second-order valence-electron chi connectivity index (χ2n) is 7.44. The standard InChI is InChI=1S/C15H28O3/c1-13(2)6-4-7-14(3)11(13)5-8-15(18,10-17)12(14)9-16/h11-12,16-18H,4-10H2,1-3H3/t11-,12+,14-,15-/m1/s1. The Hall–Kier alpha value is -0.120. The normalized spacial score (nSPS) is 47.7. The van der Waals surface area contributed by atoms with Crippen molar-refractivity contribution in [3.05, 3.63) is 0 Å². The number of aliphatic hydroxyl groups is 3. The smallest absolute Gasteiger partial charge is 0.0932 e. The van der Waals surface area contributed by atoms with Gasteiger partial charge in [0.25, 0.3) is 0 Å². The van der Waals surface area contributed by atoms with E-state index in [0.717, 1.165) is 19.3 Å². The second-order valence-corrected chi connectivity index (χ2v) is 7.44. The van der Waals surface area contributed by atoms with E-state index in [1.165, 1.54) is 6.42 Å². The van der Waals surface area contributed by atoms with Crippen LogP contribution in [-0.2, 0) is 0 Å². The molecule has 18 heavy (non-hydrogen) atoms.